The van der Waals surface area contributed by atoms with E-state index in [1.165, 1.54) is 19.3 Å². The molecule has 104 valence electrons. The maximum Gasteiger partial charge on any atom is 0.171 e. The van der Waals surface area contributed by atoms with Crippen molar-refractivity contribution in [3.63, 3.8) is 0 Å². The molecule has 2 aromatic rings. The second-order valence-corrected chi connectivity index (χ2v) is 6.30. The number of hydrogen-bond donors (Lipinski definition) is 1. The molecule has 0 aliphatic rings. The van der Waals surface area contributed by atoms with Crippen molar-refractivity contribution in [1.82, 2.24) is 14.6 Å². The topological polar surface area (TPSA) is 42.2 Å². The van der Waals surface area contributed by atoms with Gasteiger partial charge in [-0.2, -0.15) is 5.10 Å². The van der Waals surface area contributed by atoms with Crippen LogP contribution in [0, 0.1) is 5.92 Å². The summed E-state index contributed by atoms with van der Waals surface area (Å²) in [5.41, 5.74) is 0.847. The standard InChI is InChI=1S/C14H21BrN4/c1-10(2)5-4-6-11(3)17-13-7-8-19-14(18-13)12(15)9-16-19/h7-11H,4-6H2,1-3H3,(H,17,18). The molecule has 0 spiro atoms. The van der Waals surface area contributed by atoms with Gasteiger partial charge < -0.3 is 5.32 Å². The summed E-state index contributed by atoms with van der Waals surface area (Å²) >= 11 is 3.45. The zero-order chi connectivity index (χ0) is 13.8. The van der Waals surface area contributed by atoms with E-state index < -0.39 is 0 Å². The lowest BCUT2D eigenvalue weighted by atomic mass is 10.0. The van der Waals surface area contributed by atoms with E-state index in [2.05, 4.69) is 52.1 Å². The van der Waals surface area contributed by atoms with Gasteiger partial charge in [0.1, 0.15) is 5.82 Å². The summed E-state index contributed by atoms with van der Waals surface area (Å²) in [5, 5.41) is 7.64. The molecule has 0 bridgehead atoms. The highest BCUT2D eigenvalue weighted by molar-refractivity contribution is 9.10. The summed E-state index contributed by atoms with van der Waals surface area (Å²) < 4.78 is 2.68. The van der Waals surface area contributed by atoms with Crippen molar-refractivity contribution in [2.45, 2.75) is 46.1 Å². The maximum atomic E-state index is 4.56. The molecule has 0 amide bonds. The zero-order valence-electron chi connectivity index (χ0n) is 11.7. The lowest BCUT2D eigenvalue weighted by Gasteiger charge is -2.15. The second kappa shape index (κ2) is 6.37. The van der Waals surface area contributed by atoms with Crippen LogP contribution in [-0.4, -0.2) is 20.6 Å². The number of aromatic nitrogens is 3. The Hall–Kier alpha value is -1.10. The van der Waals surface area contributed by atoms with Gasteiger partial charge in [-0.3, -0.25) is 0 Å². The van der Waals surface area contributed by atoms with Gasteiger partial charge in [-0.15, -0.1) is 0 Å². The predicted octanol–water partition coefficient (Wildman–Crippen LogP) is 4.12. The molecular weight excluding hydrogens is 304 g/mol. The summed E-state index contributed by atoms with van der Waals surface area (Å²) in [6.45, 7) is 6.74. The fourth-order valence-corrected chi connectivity index (χ4v) is 2.44. The van der Waals surface area contributed by atoms with Crippen molar-refractivity contribution < 1.29 is 0 Å². The van der Waals surface area contributed by atoms with E-state index in [0.717, 1.165) is 21.9 Å². The summed E-state index contributed by atoms with van der Waals surface area (Å²) in [6, 6.07) is 2.40. The van der Waals surface area contributed by atoms with Gasteiger partial charge in [0.05, 0.1) is 10.7 Å². The number of rotatable bonds is 6. The zero-order valence-corrected chi connectivity index (χ0v) is 13.3. The third-order valence-electron chi connectivity index (χ3n) is 3.14. The van der Waals surface area contributed by atoms with Crippen LogP contribution in [0.1, 0.15) is 40.0 Å². The van der Waals surface area contributed by atoms with Crippen molar-refractivity contribution in [1.29, 1.82) is 0 Å². The van der Waals surface area contributed by atoms with Gasteiger partial charge in [0.2, 0.25) is 0 Å². The molecule has 2 rings (SSSR count). The molecule has 0 aromatic carbocycles. The van der Waals surface area contributed by atoms with Crippen LogP contribution in [0.25, 0.3) is 5.65 Å². The highest BCUT2D eigenvalue weighted by Crippen LogP contribution is 2.18. The number of fused-ring (bicyclic) bond motifs is 1. The molecule has 1 atom stereocenters. The maximum absolute atomic E-state index is 4.56. The molecule has 2 aromatic heterocycles. The summed E-state index contributed by atoms with van der Waals surface area (Å²) in [5.74, 6) is 1.69. The van der Waals surface area contributed by atoms with Crippen molar-refractivity contribution in [2.75, 3.05) is 5.32 Å². The Balaban J connectivity index is 1.94. The molecule has 0 radical (unpaired) electrons. The molecule has 19 heavy (non-hydrogen) atoms. The number of halogens is 1. The average Bonchev–Trinajstić information content (AvgIpc) is 2.70. The Bertz CT molecular complexity index is 535. The van der Waals surface area contributed by atoms with E-state index in [1.807, 2.05) is 12.3 Å². The lowest BCUT2D eigenvalue weighted by Crippen LogP contribution is -2.16. The Morgan fingerprint density at radius 3 is 2.84 bits per heavy atom. The van der Waals surface area contributed by atoms with Gasteiger partial charge in [0.15, 0.2) is 5.65 Å². The molecular formula is C14H21BrN4. The Kier molecular flexibility index (Phi) is 4.80. The third-order valence-corrected chi connectivity index (χ3v) is 3.70. The molecule has 1 unspecified atom stereocenters. The van der Waals surface area contributed by atoms with Crippen LogP contribution < -0.4 is 5.32 Å². The van der Waals surface area contributed by atoms with E-state index in [1.54, 1.807) is 10.7 Å². The smallest absolute Gasteiger partial charge is 0.171 e. The minimum Gasteiger partial charge on any atom is -0.368 e. The van der Waals surface area contributed by atoms with Gasteiger partial charge >= 0.3 is 0 Å². The largest absolute Gasteiger partial charge is 0.368 e. The Morgan fingerprint density at radius 1 is 1.32 bits per heavy atom. The summed E-state index contributed by atoms with van der Waals surface area (Å²) in [7, 11) is 0. The van der Waals surface area contributed by atoms with Crippen LogP contribution in [0.15, 0.2) is 22.9 Å². The van der Waals surface area contributed by atoms with Crippen LogP contribution in [0.4, 0.5) is 5.82 Å². The van der Waals surface area contributed by atoms with Gasteiger partial charge in [-0.1, -0.05) is 26.7 Å². The van der Waals surface area contributed by atoms with Gasteiger partial charge in [-0.25, -0.2) is 9.50 Å². The first-order valence-corrected chi connectivity index (χ1v) is 7.62. The van der Waals surface area contributed by atoms with E-state index in [9.17, 15) is 0 Å². The summed E-state index contributed by atoms with van der Waals surface area (Å²) in [4.78, 5) is 4.56. The van der Waals surface area contributed by atoms with Crippen molar-refractivity contribution in [3.8, 4) is 0 Å². The van der Waals surface area contributed by atoms with Gasteiger partial charge in [0, 0.05) is 12.2 Å². The van der Waals surface area contributed by atoms with Crippen LogP contribution >= 0.6 is 15.9 Å². The van der Waals surface area contributed by atoms with E-state index in [-0.39, 0.29) is 0 Å². The summed E-state index contributed by atoms with van der Waals surface area (Å²) in [6.07, 6.45) is 7.40. The van der Waals surface area contributed by atoms with E-state index in [4.69, 9.17) is 0 Å². The molecule has 4 nitrogen and oxygen atoms in total. The van der Waals surface area contributed by atoms with Crippen LogP contribution in [-0.2, 0) is 0 Å². The fraction of sp³-hybridized carbons (Fsp3) is 0.571. The molecule has 1 N–H and O–H groups in total. The van der Waals surface area contributed by atoms with Crippen LogP contribution in [0.2, 0.25) is 0 Å². The minimum absolute atomic E-state index is 0.440. The van der Waals surface area contributed by atoms with Gasteiger partial charge in [0.25, 0.3) is 0 Å². The lowest BCUT2D eigenvalue weighted by molar-refractivity contribution is 0.520. The van der Waals surface area contributed by atoms with Crippen molar-refractivity contribution in [2.24, 2.45) is 5.92 Å². The first-order chi connectivity index (χ1) is 9.06. The van der Waals surface area contributed by atoms with Crippen molar-refractivity contribution >= 4 is 27.4 Å². The van der Waals surface area contributed by atoms with Crippen LogP contribution in [0.3, 0.4) is 0 Å². The molecule has 0 saturated carbocycles. The quantitative estimate of drug-likeness (QED) is 0.869. The molecule has 0 aliphatic heterocycles. The average molecular weight is 325 g/mol. The van der Waals surface area contributed by atoms with Gasteiger partial charge in [-0.05, 0) is 41.3 Å². The first-order valence-electron chi connectivity index (χ1n) is 6.82. The van der Waals surface area contributed by atoms with Crippen molar-refractivity contribution in [3.05, 3.63) is 22.9 Å². The van der Waals surface area contributed by atoms with E-state index in [0.29, 0.717) is 6.04 Å². The van der Waals surface area contributed by atoms with E-state index >= 15 is 0 Å². The molecule has 5 heteroatoms. The van der Waals surface area contributed by atoms with Crippen LogP contribution in [0.5, 0.6) is 0 Å². The first kappa shape index (κ1) is 14.3. The second-order valence-electron chi connectivity index (χ2n) is 5.44. The monoisotopic (exact) mass is 324 g/mol. The normalized spacial score (nSPS) is 13.1. The fourth-order valence-electron chi connectivity index (χ4n) is 2.08. The predicted molar refractivity (Wildman–Crippen MR) is 82.5 cm³/mol. The minimum atomic E-state index is 0.440. The Morgan fingerprint density at radius 2 is 2.11 bits per heavy atom. The number of nitrogens with zero attached hydrogens (tertiary/aromatic N) is 3. The molecule has 0 saturated heterocycles. The third kappa shape index (κ3) is 3.93. The number of nitrogens with one attached hydrogen (secondary N) is 1. The molecule has 2 heterocycles. The Labute approximate surface area is 122 Å². The SMILES string of the molecule is CC(C)CCCC(C)Nc1ccn2ncc(Br)c2n1. The highest BCUT2D eigenvalue weighted by Gasteiger charge is 2.07. The number of hydrogen-bond acceptors (Lipinski definition) is 3. The molecule has 0 aliphatic carbocycles. The molecule has 0 fully saturated rings. The number of anilines is 1. The highest BCUT2D eigenvalue weighted by atomic mass is 79.9.